The van der Waals surface area contributed by atoms with E-state index in [1.807, 2.05) is 24.3 Å². The zero-order valence-electron chi connectivity index (χ0n) is 14.6. The molecule has 2 N–H and O–H groups in total. The number of benzene rings is 2. The first kappa shape index (κ1) is 18.0. The van der Waals surface area contributed by atoms with Gasteiger partial charge in [0.25, 0.3) is 0 Å². The fourth-order valence-electron chi connectivity index (χ4n) is 3.39. The molecule has 3 rings (SSSR count). The van der Waals surface area contributed by atoms with E-state index < -0.39 is 0 Å². The van der Waals surface area contributed by atoms with Crippen LogP contribution in [0.4, 0.5) is 4.79 Å². The number of halogens is 1. The van der Waals surface area contributed by atoms with Gasteiger partial charge in [-0.3, -0.25) is 0 Å². The summed E-state index contributed by atoms with van der Waals surface area (Å²) in [6, 6.07) is 14.6. The van der Waals surface area contributed by atoms with Crippen molar-refractivity contribution in [2.75, 3.05) is 0 Å². The van der Waals surface area contributed by atoms with Crippen molar-refractivity contribution in [2.24, 2.45) is 0 Å². The molecule has 0 aliphatic heterocycles. The van der Waals surface area contributed by atoms with Crippen LogP contribution < -0.4 is 10.6 Å². The van der Waals surface area contributed by atoms with Crippen LogP contribution in [0.15, 0.2) is 46.9 Å². The lowest BCUT2D eigenvalue weighted by Crippen LogP contribution is -2.37. The van der Waals surface area contributed by atoms with Gasteiger partial charge >= 0.3 is 6.03 Å². The molecule has 25 heavy (non-hydrogen) atoms. The number of carbonyl (C=O) groups is 1. The third kappa shape index (κ3) is 4.85. The summed E-state index contributed by atoms with van der Waals surface area (Å²) < 4.78 is 1.04. The number of fused-ring (bicyclic) bond motifs is 1. The lowest BCUT2D eigenvalue weighted by molar-refractivity contribution is 0.236. The molecule has 1 aliphatic rings. The molecule has 1 unspecified atom stereocenters. The maximum atomic E-state index is 12.3. The number of hydrogen-bond donors (Lipinski definition) is 2. The first-order chi connectivity index (χ1) is 12.2. The van der Waals surface area contributed by atoms with Crippen molar-refractivity contribution in [3.8, 4) is 0 Å². The highest BCUT2D eigenvalue weighted by Gasteiger charge is 2.16. The standard InChI is InChI=1S/C21H25BrN2O/c1-2-20(18-10-9-16-5-3-4-6-17(16)13-18)24-21(25)23-14-15-7-11-19(22)12-8-15/h7-13,20H,2-6,14H2,1H3,(H2,23,24,25). The van der Waals surface area contributed by atoms with Gasteiger partial charge in [0.15, 0.2) is 0 Å². The smallest absolute Gasteiger partial charge is 0.315 e. The number of hydrogen-bond acceptors (Lipinski definition) is 1. The first-order valence-corrected chi connectivity index (χ1v) is 9.85. The van der Waals surface area contributed by atoms with Gasteiger partial charge < -0.3 is 10.6 Å². The number of amides is 2. The van der Waals surface area contributed by atoms with Crippen LogP contribution in [0.25, 0.3) is 0 Å². The molecule has 132 valence electrons. The zero-order valence-corrected chi connectivity index (χ0v) is 16.2. The minimum absolute atomic E-state index is 0.0529. The first-order valence-electron chi connectivity index (χ1n) is 9.06. The molecule has 2 aromatic rings. The Kier molecular flexibility index (Phi) is 6.14. The fraction of sp³-hybridized carbons (Fsp3) is 0.381. The van der Waals surface area contributed by atoms with Crippen molar-refractivity contribution in [1.82, 2.24) is 10.6 Å². The quantitative estimate of drug-likeness (QED) is 0.703. The molecule has 4 heteroatoms. The van der Waals surface area contributed by atoms with Crippen molar-refractivity contribution >= 4 is 22.0 Å². The van der Waals surface area contributed by atoms with Crippen LogP contribution in [-0.4, -0.2) is 6.03 Å². The van der Waals surface area contributed by atoms with E-state index in [1.165, 1.54) is 36.0 Å². The second-order valence-electron chi connectivity index (χ2n) is 6.65. The molecular weight excluding hydrogens is 376 g/mol. The maximum Gasteiger partial charge on any atom is 0.315 e. The van der Waals surface area contributed by atoms with E-state index in [1.54, 1.807) is 0 Å². The van der Waals surface area contributed by atoms with Crippen LogP contribution in [0, 0.1) is 0 Å². The van der Waals surface area contributed by atoms with Gasteiger partial charge in [-0.25, -0.2) is 4.79 Å². The van der Waals surface area contributed by atoms with Crippen molar-refractivity contribution < 1.29 is 4.79 Å². The second kappa shape index (κ2) is 8.52. The predicted molar refractivity (Wildman–Crippen MR) is 106 cm³/mol. The van der Waals surface area contributed by atoms with E-state index in [9.17, 15) is 4.79 Å². The second-order valence-corrected chi connectivity index (χ2v) is 7.57. The van der Waals surface area contributed by atoms with Gasteiger partial charge in [-0.05, 0) is 66.5 Å². The number of nitrogens with one attached hydrogen (secondary N) is 2. The Balaban J connectivity index is 1.59. The summed E-state index contributed by atoms with van der Waals surface area (Å²) in [5.74, 6) is 0. The third-order valence-corrected chi connectivity index (χ3v) is 5.38. The molecule has 0 radical (unpaired) electrons. The van der Waals surface area contributed by atoms with Crippen LogP contribution in [0.1, 0.15) is 54.5 Å². The molecule has 3 nitrogen and oxygen atoms in total. The lowest BCUT2D eigenvalue weighted by Gasteiger charge is -2.22. The Hall–Kier alpha value is -1.81. The predicted octanol–water partition coefficient (Wildman–Crippen LogP) is 5.28. The largest absolute Gasteiger partial charge is 0.334 e. The molecule has 1 aliphatic carbocycles. The highest BCUT2D eigenvalue weighted by molar-refractivity contribution is 9.10. The average molecular weight is 401 g/mol. The van der Waals surface area contributed by atoms with Crippen molar-refractivity contribution in [3.63, 3.8) is 0 Å². The normalized spacial score (nSPS) is 14.5. The Morgan fingerprint density at radius 3 is 2.52 bits per heavy atom. The third-order valence-electron chi connectivity index (χ3n) is 4.85. The SMILES string of the molecule is CCC(NC(=O)NCc1ccc(Br)cc1)c1ccc2c(c1)CCCC2. The fourth-order valence-corrected chi connectivity index (χ4v) is 3.65. The van der Waals surface area contributed by atoms with Gasteiger partial charge in [-0.1, -0.05) is 53.2 Å². The molecule has 0 aromatic heterocycles. The van der Waals surface area contributed by atoms with Crippen molar-refractivity contribution in [2.45, 2.75) is 51.6 Å². The van der Waals surface area contributed by atoms with Gasteiger partial charge in [-0.2, -0.15) is 0 Å². The Morgan fingerprint density at radius 2 is 1.80 bits per heavy atom. The number of rotatable bonds is 5. The summed E-state index contributed by atoms with van der Waals surface area (Å²) in [6.07, 6.45) is 5.79. The van der Waals surface area contributed by atoms with Gasteiger partial charge in [0.05, 0.1) is 6.04 Å². The summed E-state index contributed by atoms with van der Waals surface area (Å²) in [5.41, 5.74) is 5.23. The summed E-state index contributed by atoms with van der Waals surface area (Å²) in [6.45, 7) is 2.64. The highest BCUT2D eigenvalue weighted by Crippen LogP contribution is 2.26. The monoisotopic (exact) mass is 400 g/mol. The zero-order chi connectivity index (χ0) is 17.6. The van der Waals surface area contributed by atoms with E-state index >= 15 is 0 Å². The molecule has 2 amide bonds. The lowest BCUT2D eigenvalue weighted by atomic mass is 9.89. The van der Waals surface area contributed by atoms with Gasteiger partial charge in [-0.15, -0.1) is 0 Å². The van der Waals surface area contributed by atoms with Crippen molar-refractivity contribution in [3.05, 3.63) is 69.2 Å². The Labute approximate surface area is 158 Å². The van der Waals surface area contributed by atoms with Crippen LogP contribution >= 0.6 is 15.9 Å². The maximum absolute atomic E-state index is 12.3. The van der Waals surface area contributed by atoms with Crippen LogP contribution in [-0.2, 0) is 19.4 Å². The summed E-state index contributed by atoms with van der Waals surface area (Å²) in [5, 5.41) is 6.06. The highest BCUT2D eigenvalue weighted by atomic mass is 79.9. The molecule has 1 atom stereocenters. The van der Waals surface area contributed by atoms with E-state index in [0.717, 1.165) is 22.9 Å². The summed E-state index contributed by atoms with van der Waals surface area (Å²) in [4.78, 5) is 12.3. The number of urea groups is 1. The molecule has 2 aromatic carbocycles. The molecule has 0 bridgehead atoms. The molecule has 0 saturated carbocycles. The number of aryl methyl sites for hydroxylation is 2. The molecule has 0 saturated heterocycles. The summed E-state index contributed by atoms with van der Waals surface area (Å²) in [7, 11) is 0. The van der Waals surface area contributed by atoms with E-state index in [2.05, 4.69) is 51.7 Å². The number of carbonyl (C=O) groups excluding carboxylic acids is 1. The molecule has 0 fully saturated rings. The topological polar surface area (TPSA) is 41.1 Å². The Bertz CT molecular complexity index is 727. The van der Waals surface area contributed by atoms with E-state index in [-0.39, 0.29) is 12.1 Å². The Morgan fingerprint density at radius 1 is 1.08 bits per heavy atom. The van der Waals surface area contributed by atoms with Gasteiger partial charge in [0.2, 0.25) is 0 Å². The van der Waals surface area contributed by atoms with Crippen LogP contribution in [0.5, 0.6) is 0 Å². The van der Waals surface area contributed by atoms with Gasteiger partial charge in [0.1, 0.15) is 0 Å². The van der Waals surface area contributed by atoms with Crippen LogP contribution in [0.3, 0.4) is 0 Å². The molecular formula is C21H25BrN2O. The van der Waals surface area contributed by atoms with Crippen LogP contribution in [0.2, 0.25) is 0 Å². The van der Waals surface area contributed by atoms with E-state index in [0.29, 0.717) is 6.54 Å². The molecule has 0 heterocycles. The minimum atomic E-state index is -0.118. The molecule has 0 spiro atoms. The van der Waals surface area contributed by atoms with E-state index in [4.69, 9.17) is 0 Å². The minimum Gasteiger partial charge on any atom is -0.334 e. The summed E-state index contributed by atoms with van der Waals surface area (Å²) >= 11 is 3.42. The van der Waals surface area contributed by atoms with Crippen molar-refractivity contribution in [1.29, 1.82) is 0 Å². The average Bonchev–Trinajstić information content (AvgIpc) is 2.65. The van der Waals surface area contributed by atoms with Gasteiger partial charge in [0, 0.05) is 11.0 Å².